The third-order valence-electron chi connectivity index (χ3n) is 4.06. The Kier molecular flexibility index (Phi) is 5.81. The van der Waals surface area contributed by atoms with Gasteiger partial charge in [0.1, 0.15) is 0 Å². The lowest BCUT2D eigenvalue weighted by Crippen LogP contribution is -2.34. The Labute approximate surface area is 159 Å². The second kappa shape index (κ2) is 8.06. The first-order valence-electron chi connectivity index (χ1n) is 8.11. The molecule has 0 saturated carbocycles. The van der Waals surface area contributed by atoms with E-state index in [2.05, 4.69) is 32.6 Å². The molecule has 2 aromatic carbocycles. The number of carbonyl (C=O) groups excluding carboxylic acids is 2. The Hall–Kier alpha value is -1.79. The topological polar surface area (TPSA) is 58.2 Å². The maximum absolute atomic E-state index is 12.3. The lowest BCUT2D eigenvalue weighted by molar-refractivity contribution is -0.120. The molecule has 0 aliphatic carbocycles. The third-order valence-corrected chi connectivity index (χ3v) is 5.88. The monoisotopic (exact) mass is 418 g/mol. The molecule has 1 heterocycles. The normalized spacial score (nSPS) is 15.5. The number of halogens is 1. The van der Waals surface area contributed by atoms with E-state index in [0.717, 1.165) is 22.1 Å². The zero-order chi connectivity index (χ0) is 17.8. The van der Waals surface area contributed by atoms with Crippen molar-refractivity contribution in [3.8, 4) is 0 Å². The van der Waals surface area contributed by atoms with Crippen LogP contribution in [0, 0.1) is 6.92 Å². The standard InChI is InChI=1S/C19H19BrN2O2S/c1-12-6-7-14(20)11-15(12)22-18(23)8-9-21-19(24)17-10-13-4-2-3-5-16(13)25-17/h2-7,11,17H,8-10H2,1H3,(H,21,24)(H,22,23). The van der Waals surface area contributed by atoms with Crippen molar-refractivity contribution in [1.82, 2.24) is 5.32 Å². The molecule has 2 N–H and O–H groups in total. The minimum Gasteiger partial charge on any atom is -0.355 e. The molecule has 1 atom stereocenters. The van der Waals surface area contributed by atoms with Gasteiger partial charge in [0.05, 0.1) is 5.25 Å². The van der Waals surface area contributed by atoms with Crippen LogP contribution >= 0.6 is 27.7 Å². The molecule has 0 aromatic heterocycles. The zero-order valence-electron chi connectivity index (χ0n) is 13.8. The number of hydrogen-bond acceptors (Lipinski definition) is 3. The summed E-state index contributed by atoms with van der Waals surface area (Å²) in [5.74, 6) is -0.114. The summed E-state index contributed by atoms with van der Waals surface area (Å²) in [5.41, 5.74) is 3.00. The minimum absolute atomic E-state index is 0.00682. The Bertz CT molecular complexity index is 785. The highest BCUT2D eigenvalue weighted by atomic mass is 79.9. The van der Waals surface area contributed by atoms with E-state index < -0.39 is 0 Å². The second-order valence-corrected chi connectivity index (χ2v) is 8.13. The molecule has 25 heavy (non-hydrogen) atoms. The summed E-state index contributed by atoms with van der Waals surface area (Å²) in [7, 11) is 0. The van der Waals surface area contributed by atoms with Crippen LogP contribution in [0.25, 0.3) is 0 Å². The Morgan fingerprint density at radius 3 is 2.84 bits per heavy atom. The van der Waals surface area contributed by atoms with Gasteiger partial charge in [-0.1, -0.05) is 40.2 Å². The van der Waals surface area contributed by atoms with Crippen LogP contribution < -0.4 is 10.6 Å². The molecular formula is C19H19BrN2O2S. The van der Waals surface area contributed by atoms with Gasteiger partial charge in [-0.15, -0.1) is 11.8 Å². The fourth-order valence-corrected chi connectivity index (χ4v) is 4.26. The van der Waals surface area contributed by atoms with Crippen LogP contribution in [-0.2, 0) is 16.0 Å². The number of amides is 2. The maximum atomic E-state index is 12.3. The summed E-state index contributed by atoms with van der Waals surface area (Å²) in [6, 6.07) is 13.8. The molecule has 0 saturated heterocycles. The fraction of sp³-hybridized carbons (Fsp3) is 0.263. The van der Waals surface area contributed by atoms with Crippen molar-refractivity contribution in [2.24, 2.45) is 0 Å². The smallest absolute Gasteiger partial charge is 0.233 e. The van der Waals surface area contributed by atoms with Gasteiger partial charge in [-0.05, 0) is 42.7 Å². The molecule has 6 heteroatoms. The largest absolute Gasteiger partial charge is 0.355 e. The first-order valence-corrected chi connectivity index (χ1v) is 9.78. The Balaban J connectivity index is 1.44. The molecule has 2 amide bonds. The quantitative estimate of drug-likeness (QED) is 0.773. The number of benzene rings is 2. The van der Waals surface area contributed by atoms with Crippen molar-refractivity contribution in [3.05, 3.63) is 58.1 Å². The third kappa shape index (κ3) is 4.64. The summed E-state index contributed by atoms with van der Waals surface area (Å²) in [5, 5.41) is 5.65. The number of aryl methyl sites for hydroxylation is 1. The van der Waals surface area contributed by atoms with Crippen LogP contribution in [0.3, 0.4) is 0 Å². The molecule has 1 unspecified atom stereocenters. The maximum Gasteiger partial charge on any atom is 0.233 e. The number of anilines is 1. The molecule has 4 nitrogen and oxygen atoms in total. The van der Waals surface area contributed by atoms with E-state index in [1.54, 1.807) is 11.8 Å². The predicted molar refractivity (Wildman–Crippen MR) is 105 cm³/mol. The molecule has 0 fully saturated rings. The predicted octanol–water partition coefficient (Wildman–Crippen LogP) is 3.92. The van der Waals surface area contributed by atoms with E-state index in [9.17, 15) is 9.59 Å². The number of rotatable bonds is 5. The summed E-state index contributed by atoms with van der Waals surface area (Å²) in [6.07, 6.45) is 0.998. The van der Waals surface area contributed by atoms with Gasteiger partial charge in [-0.3, -0.25) is 9.59 Å². The van der Waals surface area contributed by atoms with E-state index in [1.165, 1.54) is 10.5 Å². The van der Waals surface area contributed by atoms with Gasteiger partial charge in [0.2, 0.25) is 11.8 Å². The highest BCUT2D eigenvalue weighted by Crippen LogP contribution is 2.36. The van der Waals surface area contributed by atoms with Gasteiger partial charge < -0.3 is 10.6 Å². The highest BCUT2D eigenvalue weighted by molar-refractivity contribution is 9.10. The number of hydrogen-bond donors (Lipinski definition) is 2. The number of fused-ring (bicyclic) bond motifs is 1. The second-order valence-electron chi connectivity index (χ2n) is 5.97. The molecule has 1 aliphatic heterocycles. The number of thioether (sulfide) groups is 1. The number of nitrogens with one attached hydrogen (secondary N) is 2. The highest BCUT2D eigenvalue weighted by Gasteiger charge is 2.27. The van der Waals surface area contributed by atoms with E-state index >= 15 is 0 Å². The lowest BCUT2D eigenvalue weighted by atomic mass is 10.1. The molecular weight excluding hydrogens is 400 g/mol. The van der Waals surface area contributed by atoms with Crippen molar-refractivity contribution < 1.29 is 9.59 Å². The Morgan fingerprint density at radius 1 is 1.24 bits per heavy atom. The lowest BCUT2D eigenvalue weighted by Gasteiger charge is -2.11. The van der Waals surface area contributed by atoms with Crippen LogP contribution in [0.1, 0.15) is 17.5 Å². The van der Waals surface area contributed by atoms with E-state index in [-0.39, 0.29) is 23.5 Å². The van der Waals surface area contributed by atoms with E-state index in [4.69, 9.17) is 0 Å². The summed E-state index contributed by atoms with van der Waals surface area (Å²) >= 11 is 4.99. The van der Waals surface area contributed by atoms with E-state index in [0.29, 0.717) is 6.54 Å². The molecule has 0 bridgehead atoms. The van der Waals surface area contributed by atoms with E-state index in [1.807, 2.05) is 43.3 Å². The average molecular weight is 419 g/mol. The van der Waals surface area contributed by atoms with Crippen molar-refractivity contribution in [2.75, 3.05) is 11.9 Å². The van der Waals surface area contributed by atoms with Gasteiger partial charge in [-0.2, -0.15) is 0 Å². The van der Waals surface area contributed by atoms with Gasteiger partial charge in [-0.25, -0.2) is 0 Å². The fourth-order valence-electron chi connectivity index (χ4n) is 2.68. The van der Waals surface area contributed by atoms with Crippen LogP contribution in [-0.4, -0.2) is 23.6 Å². The summed E-state index contributed by atoms with van der Waals surface area (Å²) < 4.78 is 0.916. The van der Waals surface area contributed by atoms with Crippen LogP contribution in [0.2, 0.25) is 0 Å². The number of carbonyl (C=O) groups is 2. The van der Waals surface area contributed by atoms with Crippen LogP contribution in [0.5, 0.6) is 0 Å². The average Bonchev–Trinajstić information content (AvgIpc) is 3.02. The first kappa shape index (κ1) is 18.0. The van der Waals surface area contributed by atoms with Crippen molar-refractivity contribution >= 4 is 45.2 Å². The Morgan fingerprint density at radius 2 is 2.04 bits per heavy atom. The van der Waals surface area contributed by atoms with Crippen LogP contribution in [0.4, 0.5) is 5.69 Å². The molecule has 3 rings (SSSR count). The van der Waals surface area contributed by atoms with Crippen molar-refractivity contribution in [3.63, 3.8) is 0 Å². The summed E-state index contributed by atoms with van der Waals surface area (Å²) in [6.45, 7) is 2.28. The molecule has 0 spiro atoms. The van der Waals surface area contributed by atoms with Crippen LogP contribution in [0.15, 0.2) is 51.8 Å². The SMILES string of the molecule is Cc1ccc(Br)cc1NC(=O)CCNC(=O)C1Cc2ccccc2S1. The van der Waals surface area contributed by atoms with Gasteiger partial charge >= 0.3 is 0 Å². The zero-order valence-corrected chi connectivity index (χ0v) is 16.2. The molecule has 130 valence electrons. The van der Waals surface area contributed by atoms with Gasteiger partial charge in [0.25, 0.3) is 0 Å². The molecule has 2 aromatic rings. The minimum atomic E-state index is -0.108. The molecule has 1 aliphatic rings. The van der Waals surface area contributed by atoms with Gasteiger partial charge in [0, 0.05) is 28.0 Å². The van der Waals surface area contributed by atoms with Crippen molar-refractivity contribution in [1.29, 1.82) is 0 Å². The molecule has 0 radical (unpaired) electrons. The van der Waals surface area contributed by atoms with Gasteiger partial charge in [0.15, 0.2) is 0 Å². The summed E-state index contributed by atoms with van der Waals surface area (Å²) in [4.78, 5) is 25.5. The van der Waals surface area contributed by atoms with Crippen molar-refractivity contribution in [2.45, 2.75) is 29.9 Å². The first-order chi connectivity index (χ1) is 12.0.